The molecule has 0 radical (unpaired) electrons. The summed E-state index contributed by atoms with van der Waals surface area (Å²) in [5.74, 6) is 0.497. The first kappa shape index (κ1) is 12.7. The first-order chi connectivity index (χ1) is 9.74. The maximum absolute atomic E-state index is 10.0. The van der Waals surface area contributed by atoms with Crippen molar-refractivity contribution in [3.63, 3.8) is 0 Å². The van der Waals surface area contributed by atoms with E-state index < -0.39 is 0 Å². The van der Waals surface area contributed by atoms with Crippen molar-refractivity contribution in [1.82, 2.24) is 9.80 Å². The molecule has 3 atom stereocenters. The van der Waals surface area contributed by atoms with Crippen molar-refractivity contribution in [2.75, 3.05) is 19.6 Å². The quantitative estimate of drug-likeness (QED) is 0.851. The van der Waals surface area contributed by atoms with E-state index in [0.29, 0.717) is 17.8 Å². The molecular weight excluding hydrogens is 248 g/mol. The van der Waals surface area contributed by atoms with Gasteiger partial charge in [-0.25, -0.2) is 0 Å². The van der Waals surface area contributed by atoms with Crippen molar-refractivity contribution in [3.05, 3.63) is 29.3 Å². The van der Waals surface area contributed by atoms with Crippen LogP contribution in [-0.4, -0.2) is 46.6 Å². The number of nitrogens with zero attached hydrogens (tertiary/aromatic N) is 2. The number of benzene rings is 1. The van der Waals surface area contributed by atoms with Gasteiger partial charge in [0.25, 0.3) is 0 Å². The monoisotopic (exact) mass is 272 g/mol. The number of piperazine rings is 1. The van der Waals surface area contributed by atoms with Gasteiger partial charge < -0.3 is 5.11 Å². The average molecular weight is 272 g/mol. The van der Waals surface area contributed by atoms with Crippen molar-refractivity contribution in [3.8, 4) is 5.75 Å². The van der Waals surface area contributed by atoms with E-state index in [1.54, 1.807) is 0 Å². The van der Waals surface area contributed by atoms with E-state index in [0.717, 1.165) is 12.5 Å². The Morgan fingerprint density at radius 3 is 3.00 bits per heavy atom. The summed E-state index contributed by atoms with van der Waals surface area (Å²) in [5, 5.41) is 10.0. The number of rotatable bonds is 1. The minimum Gasteiger partial charge on any atom is -0.508 e. The lowest BCUT2D eigenvalue weighted by Crippen LogP contribution is -2.55. The fourth-order valence-electron chi connectivity index (χ4n) is 4.60. The fourth-order valence-corrected chi connectivity index (χ4v) is 4.60. The van der Waals surface area contributed by atoms with Crippen molar-refractivity contribution >= 4 is 0 Å². The molecule has 108 valence electrons. The Morgan fingerprint density at radius 1 is 1.20 bits per heavy atom. The largest absolute Gasteiger partial charge is 0.508 e. The molecule has 0 aromatic heterocycles. The van der Waals surface area contributed by atoms with Gasteiger partial charge in [-0.05, 0) is 56.3 Å². The highest BCUT2D eigenvalue weighted by Gasteiger charge is 2.39. The van der Waals surface area contributed by atoms with Crippen LogP contribution in [0.15, 0.2) is 18.2 Å². The zero-order valence-electron chi connectivity index (χ0n) is 12.3. The number of hydrogen-bond acceptors (Lipinski definition) is 3. The Labute approximate surface area is 121 Å². The summed E-state index contributed by atoms with van der Waals surface area (Å²) in [4.78, 5) is 5.39. The Balaban J connectivity index is 1.61. The minimum absolute atomic E-state index is 0.497. The molecule has 0 bridgehead atoms. The van der Waals surface area contributed by atoms with Crippen LogP contribution in [0.1, 0.15) is 43.4 Å². The zero-order valence-corrected chi connectivity index (χ0v) is 12.3. The van der Waals surface area contributed by atoms with Crippen molar-refractivity contribution < 1.29 is 5.11 Å². The molecule has 2 fully saturated rings. The van der Waals surface area contributed by atoms with Crippen LogP contribution in [0.4, 0.5) is 0 Å². The summed E-state index contributed by atoms with van der Waals surface area (Å²) in [6.07, 6.45) is 4.93. The molecule has 4 rings (SSSR count). The van der Waals surface area contributed by atoms with Crippen LogP contribution in [0.25, 0.3) is 0 Å². The Morgan fingerprint density at radius 2 is 2.10 bits per heavy atom. The third-order valence-corrected chi connectivity index (χ3v) is 5.60. The molecule has 0 saturated carbocycles. The van der Waals surface area contributed by atoms with Crippen LogP contribution in [0.2, 0.25) is 0 Å². The summed E-state index contributed by atoms with van der Waals surface area (Å²) in [6.45, 7) is 6.09. The summed E-state index contributed by atoms with van der Waals surface area (Å²) in [7, 11) is 0. The highest BCUT2D eigenvalue weighted by atomic mass is 16.3. The normalized spacial score (nSPS) is 34.1. The average Bonchev–Trinajstić information content (AvgIpc) is 3.04. The molecule has 2 heterocycles. The third-order valence-electron chi connectivity index (χ3n) is 5.60. The third kappa shape index (κ3) is 1.87. The lowest BCUT2D eigenvalue weighted by atomic mass is 10.0. The maximum atomic E-state index is 10.0. The van der Waals surface area contributed by atoms with E-state index in [2.05, 4.69) is 22.8 Å². The molecule has 1 N–H and O–H groups in total. The van der Waals surface area contributed by atoms with Gasteiger partial charge in [-0.1, -0.05) is 12.1 Å². The number of hydrogen-bond donors (Lipinski definition) is 1. The van der Waals surface area contributed by atoms with Gasteiger partial charge in [0.2, 0.25) is 0 Å². The Kier molecular flexibility index (Phi) is 3.00. The second-order valence-corrected chi connectivity index (χ2v) is 6.74. The molecule has 1 aromatic carbocycles. The molecule has 3 nitrogen and oxygen atoms in total. The summed E-state index contributed by atoms with van der Waals surface area (Å²) >= 11 is 0. The smallest absolute Gasteiger partial charge is 0.119 e. The predicted molar refractivity (Wildman–Crippen MR) is 79.9 cm³/mol. The molecule has 3 aliphatic rings. The van der Waals surface area contributed by atoms with E-state index in [9.17, 15) is 5.11 Å². The minimum atomic E-state index is 0.497. The Hall–Kier alpha value is -1.06. The molecule has 3 unspecified atom stereocenters. The second-order valence-electron chi connectivity index (χ2n) is 6.74. The lowest BCUT2D eigenvalue weighted by Gasteiger charge is -2.45. The van der Waals surface area contributed by atoms with Gasteiger partial charge in [0, 0.05) is 31.2 Å². The standard InChI is InChI=1S/C17H24N2O/c1-12-10-18-9-3-4-13(18)11-19(12)16-8-7-15-14(16)5-2-6-17(15)20/h2,5-6,12-13,16,20H,3-4,7-11H2,1H3. The lowest BCUT2D eigenvalue weighted by molar-refractivity contribution is 0.0276. The molecule has 0 spiro atoms. The van der Waals surface area contributed by atoms with Crippen LogP contribution in [0.5, 0.6) is 5.75 Å². The molecule has 2 aliphatic heterocycles. The number of phenols is 1. The molecule has 20 heavy (non-hydrogen) atoms. The van der Waals surface area contributed by atoms with E-state index >= 15 is 0 Å². The number of phenolic OH excluding ortho intramolecular Hbond substituents is 1. The molecule has 2 saturated heterocycles. The maximum Gasteiger partial charge on any atom is 0.119 e. The predicted octanol–water partition coefficient (Wildman–Crippen LogP) is 2.55. The van der Waals surface area contributed by atoms with Crippen molar-refractivity contribution in [1.29, 1.82) is 0 Å². The molecule has 0 amide bonds. The Bertz CT molecular complexity index is 516. The van der Waals surface area contributed by atoms with E-state index in [1.165, 1.54) is 50.0 Å². The van der Waals surface area contributed by atoms with Gasteiger partial charge in [0.15, 0.2) is 0 Å². The highest BCUT2D eigenvalue weighted by molar-refractivity contribution is 5.44. The van der Waals surface area contributed by atoms with Crippen LogP contribution in [0.3, 0.4) is 0 Å². The van der Waals surface area contributed by atoms with Crippen LogP contribution >= 0.6 is 0 Å². The van der Waals surface area contributed by atoms with Gasteiger partial charge in [0.05, 0.1) is 0 Å². The fraction of sp³-hybridized carbons (Fsp3) is 0.647. The number of aromatic hydroxyl groups is 1. The SMILES string of the molecule is CC1CN2CCCC2CN1C1CCc2c(O)cccc21. The second kappa shape index (κ2) is 4.74. The number of fused-ring (bicyclic) bond motifs is 2. The molecular formula is C17H24N2O. The van der Waals surface area contributed by atoms with Crippen LogP contribution in [0, 0.1) is 0 Å². The van der Waals surface area contributed by atoms with Gasteiger partial charge in [-0.15, -0.1) is 0 Å². The first-order valence-electron chi connectivity index (χ1n) is 8.04. The molecule has 1 aliphatic carbocycles. The van der Waals surface area contributed by atoms with Gasteiger partial charge in [-0.3, -0.25) is 9.80 Å². The zero-order chi connectivity index (χ0) is 13.7. The molecule has 1 aromatic rings. The van der Waals surface area contributed by atoms with Gasteiger partial charge in [-0.2, -0.15) is 0 Å². The van der Waals surface area contributed by atoms with Gasteiger partial charge in [0.1, 0.15) is 5.75 Å². The summed E-state index contributed by atoms with van der Waals surface area (Å²) < 4.78 is 0. The highest BCUT2D eigenvalue weighted by Crippen LogP contribution is 2.42. The topological polar surface area (TPSA) is 26.7 Å². The van der Waals surface area contributed by atoms with Crippen LogP contribution in [-0.2, 0) is 6.42 Å². The van der Waals surface area contributed by atoms with Crippen molar-refractivity contribution in [2.24, 2.45) is 0 Å². The van der Waals surface area contributed by atoms with Gasteiger partial charge >= 0.3 is 0 Å². The van der Waals surface area contributed by atoms with Crippen LogP contribution < -0.4 is 0 Å². The van der Waals surface area contributed by atoms with E-state index in [-0.39, 0.29) is 0 Å². The van der Waals surface area contributed by atoms with E-state index in [4.69, 9.17) is 0 Å². The molecule has 3 heteroatoms. The summed E-state index contributed by atoms with van der Waals surface area (Å²) in [6, 6.07) is 7.98. The van der Waals surface area contributed by atoms with E-state index in [1.807, 2.05) is 12.1 Å². The first-order valence-corrected chi connectivity index (χ1v) is 8.04. The van der Waals surface area contributed by atoms with Crippen molar-refractivity contribution in [2.45, 2.75) is 50.7 Å². The summed E-state index contributed by atoms with van der Waals surface area (Å²) in [5.41, 5.74) is 2.57.